The number of nitro groups is 1. The zero-order chi connectivity index (χ0) is 15.0. The number of para-hydroxylation sites is 1. The number of hydrogen-bond donors (Lipinski definition) is 0. The van der Waals surface area contributed by atoms with E-state index in [1.807, 2.05) is 25.1 Å². The fraction of sp³-hybridized carbons (Fsp3) is 0.0625. The van der Waals surface area contributed by atoms with Crippen LogP contribution in [0.15, 0.2) is 52.9 Å². The summed E-state index contributed by atoms with van der Waals surface area (Å²) in [6.07, 6.45) is 0. The summed E-state index contributed by atoms with van der Waals surface area (Å²) in [6.45, 7) is 1.82. The van der Waals surface area contributed by atoms with Gasteiger partial charge in [-0.3, -0.25) is 14.9 Å². The number of nitro benzene ring substituents is 1. The zero-order valence-electron chi connectivity index (χ0n) is 11.2. The van der Waals surface area contributed by atoms with Gasteiger partial charge in [0.15, 0.2) is 5.76 Å². The normalized spacial score (nSPS) is 10.7. The van der Waals surface area contributed by atoms with Crippen molar-refractivity contribution in [3.8, 4) is 0 Å². The second-order valence-corrected chi connectivity index (χ2v) is 4.69. The molecule has 0 N–H and O–H groups in total. The van der Waals surface area contributed by atoms with Crippen molar-refractivity contribution in [2.24, 2.45) is 0 Å². The molecule has 0 radical (unpaired) electrons. The van der Waals surface area contributed by atoms with E-state index in [0.29, 0.717) is 11.1 Å². The molecule has 5 heteroatoms. The number of carbonyl (C=O) groups is 1. The van der Waals surface area contributed by atoms with Crippen LogP contribution in [0.2, 0.25) is 0 Å². The van der Waals surface area contributed by atoms with Gasteiger partial charge in [0.05, 0.1) is 4.92 Å². The SMILES string of the molecule is Cc1c(C(=O)c2ccc([N+](=O)[O-])cc2)oc2ccccc12. The number of aryl methyl sites for hydroxylation is 1. The Labute approximate surface area is 120 Å². The molecule has 21 heavy (non-hydrogen) atoms. The highest BCUT2D eigenvalue weighted by Gasteiger charge is 2.19. The number of nitrogens with zero attached hydrogens (tertiary/aromatic N) is 1. The van der Waals surface area contributed by atoms with E-state index in [0.717, 1.165) is 10.9 Å². The molecule has 0 amide bonds. The molecule has 0 spiro atoms. The van der Waals surface area contributed by atoms with Gasteiger partial charge in [-0.25, -0.2) is 0 Å². The monoisotopic (exact) mass is 281 g/mol. The van der Waals surface area contributed by atoms with Crippen LogP contribution in [0, 0.1) is 17.0 Å². The van der Waals surface area contributed by atoms with Gasteiger partial charge in [-0.05, 0) is 25.1 Å². The van der Waals surface area contributed by atoms with Crippen molar-refractivity contribution < 1.29 is 14.1 Å². The van der Waals surface area contributed by atoms with Crippen LogP contribution in [0.4, 0.5) is 5.69 Å². The number of furan rings is 1. The predicted molar refractivity (Wildman–Crippen MR) is 77.5 cm³/mol. The minimum Gasteiger partial charge on any atom is -0.452 e. The molecule has 5 nitrogen and oxygen atoms in total. The zero-order valence-corrected chi connectivity index (χ0v) is 11.2. The largest absolute Gasteiger partial charge is 0.452 e. The number of fused-ring (bicyclic) bond motifs is 1. The Hall–Kier alpha value is -2.95. The third-order valence-electron chi connectivity index (χ3n) is 3.39. The fourth-order valence-corrected chi connectivity index (χ4v) is 2.26. The van der Waals surface area contributed by atoms with Crippen molar-refractivity contribution in [3.63, 3.8) is 0 Å². The molecular weight excluding hydrogens is 270 g/mol. The summed E-state index contributed by atoms with van der Waals surface area (Å²) in [4.78, 5) is 22.6. The standard InChI is InChI=1S/C16H11NO4/c1-10-13-4-2-3-5-14(13)21-16(10)15(18)11-6-8-12(9-7-11)17(19)20/h2-9H,1H3. The van der Waals surface area contributed by atoms with Crippen molar-refractivity contribution in [2.75, 3.05) is 0 Å². The van der Waals surface area contributed by atoms with Crippen molar-refractivity contribution >= 4 is 22.4 Å². The summed E-state index contributed by atoms with van der Waals surface area (Å²) in [7, 11) is 0. The van der Waals surface area contributed by atoms with Crippen LogP contribution in [0.5, 0.6) is 0 Å². The van der Waals surface area contributed by atoms with Gasteiger partial charge in [0.1, 0.15) is 5.58 Å². The van der Waals surface area contributed by atoms with Crippen LogP contribution >= 0.6 is 0 Å². The van der Waals surface area contributed by atoms with Crippen LogP contribution < -0.4 is 0 Å². The molecule has 3 aromatic rings. The summed E-state index contributed by atoms with van der Waals surface area (Å²) >= 11 is 0. The minimum atomic E-state index is -0.499. The van der Waals surface area contributed by atoms with Crippen LogP contribution in [0.1, 0.15) is 21.7 Å². The molecule has 3 rings (SSSR count). The van der Waals surface area contributed by atoms with E-state index in [-0.39, 0.29) is 17.2 Å². The molecule has 0 aliphatic carbocycles. The Morgan fingerprint density at radius 3 is 2.38 bits per heavy atom. The lowest BCUT2D eigenvalue weighted by Gasteiger charge is -1.99. The van der Waals surface area contributed by atoms with E-state index >= 15 is 0 Å². The topological polar surface area (TPSA) is 73.3 Å². The highest BCUT2D eigenvalue weighted by atomic mass is 16.6. The van der Waals surface area contributed by atoms with Crippen molar-refractivity contribution in [2.45, 2.75) is 6.92 Å². The lowest BCUT2D eigenvalue weighted by molar-refractivity contribution is -0.384. The Bertz CT molecular complexity index is 846. The minimum absolute atomic E-state index is 0.0483. The van der Waals surface area contributed by atoms with Gasteiger partial charge < -0.3 is 4.42 Å². The van der Waals surface area contributed by atoms with Gasteiger partial charge in [0, 0.05) is 28.6 Å². The third kappa shape index (κ3) is 2.18. The summed E-state index contributed by atoms with van der Waals surface area (Å²) in [5.41, 5.74) is 1.74. The van der Waals surface area contributed by atoms with E-state index in [1.54, 1.807) is 6.07 Å². The van der Waals surface area contributed by atoms with E-state index < -0.39 is 4.92 Å². The number of rotatable bonds is 3. The highest BCUT2D eigenvalue weighted by molar-refractivity contribution is 6.10. The van der Waals surface area contributed by atoms with E-state index in [1.165, 1.54) is 24.3 Å². The molecule has 0 aliphatic rings. The Balaban J connectivity index is 2.04. The first-order valence-corrected chi connectivity index (χ1v) is 6.35. The Morgan fingerprint density at radius 1 is 1.10 bits per heavy atom. The molecule has 0 saturated carbocycles. The fourth-order valence-electron chi connectivity index (χ4n) is 2.26. The number of benzene rings is 2. The first-order chi connectivity index (χ1) is 10.1. The molecule has 0 atom stereocenters. The lowest BCUT2D eigenvalue weighted by Crippen LogP contribution is -2.01. The number of non-ortho nitro benzene ring substituents is 1. The van der Waals surface area contributed by atoms with E-state index in [9.17, 15) is 14.9 Å². The van der Waals surface area contributed by atoms with Gasteiger partial charge >= 0.3 is 0 Å². The van der Waals surface area contributed by atoms with Crippen LogP contribution in [0.3, 0.4) is 0 Å². The second kappa shape index (κ2) is 4.86. The highest BCUT2D eigenvalue weighted by Crippen LogP contribution is 2.27. The van der Waals surface area contributed by atoms with Crippen molar-refractivity contribution in [1.29, 1.82) is 0 Å². The average molecular weight is 281 g/mol. The Morgan fingerprint density at radius 2 is 1.76 bits per heavy atom. The molecule has 104 valence electrons. The van der Waals surface area contributed by atoms with Crippen molar-refractivity contribution in [3.05, 3.63) is 75.5 Å². The molecule has 0 fully saturated rings. The molecule has 1 aromatic heterocycles. The summed E-state index contributed by atoms with van der Waals surface area (Å²) in [6, 6.07) is 12.9. The van der Waals surface area contributed by atoms with E-state index in [4.69, 9.17) is 4.42 Å². The van der Waals surface area contributed by atoms with Crippen LogP contribution in [0.25, 0.3) is 11.0 Å². The maximum atomic E-state index is 12.5. The average Bonchev–Trinajstić information content (AvgIpc) is 2.84. The molecule has 0 unspecified atom stereocenters. The maximum absolute atomic E-state index is 12.5. The van der Waals surface area contributed by atoms with Gasteiger partial charge in [-0.1, -0.05) is 18.2 Å². The molecule has 0 aliphatic heterocycles. The van der Waals surface area contributed by atoms with Crippen molar-refractivity contribution in [1.82, 2.24) is 0 Å². The summed E-state index contributed by atoms with van der Waals surface area (Å²) in [5.74, 6) is -0.0105. The first kappa shape index (κ1) is 13.1. The second-order valence-electron chi connectivity index (χ2n) is 4.69. The van der Waals surface area contributed by atoms with Crippen LogP contribution in [-0.4, -0.2) is 10.7 Å². The van der Waals surface area contributed by atoms with Gasteiger partial charge in [-0.15, -0.1) is 0 Å². The van der Waals surface area contributed by atoms with E-state index in [2.05, 4.69) is 0 Å². The number of carbonyl (C=O) groups excluding carboxylic acids is 1. The van der Waals surface area contributed by atoms with Gasteiger partial charge in [-0.2, -0.15) is 0 Å². The molecule has 0 saturated heterocycles. The maximum Gasteiger partial charge on any atom is 0.269 e. The molecule has 2 aromatic carbocycles. The summed E-state index contributed by atoms with van der Waals surface area (Å²) in [5, 5.41) is 11.5. The molecular formula is C16H11NO4. The van der Waals surface area contributed by atoms with Gasteiger partial charge in [0.2, 0.25) is 5.78 Å². The smallest absolute Gasteiger partial charge is 0.269 e. The molecule has 1 heterocycles. The third-order valence-corrected chi connectivity index (χ3v) is 3.39. The number of hydrogen-bond acceptors (Lipinski definition) is 4. The van der Waals surface area contributed by atoms with Crippen LogP contribution in [-0.2, 0) is 0 Å². The predicted octanol–water partition coefficient (Wildman–Crippen LogP) is 3.88. The Kier molecular flexibility index (Phi) is 3.02. The summed E-state index contributed by atoms with van der Waals surface area (Å²) < 4.78 is 5.61. The number of ketones is 1. The lowest BCUT2D eigenvalue weighted by atomic mass is 10.0. The quantitative estimate of drug-likeness (QED) is 0.415. The van der Waals surface area contributed by atoms with Gasteiger partial charge in [0.25, 0.3) is 5.69 Å². The molecule has 0 bridgehead atoms. The first-order valence-electron chi connectivity index (χ1n) is 6.35.